The number of hydrogen-bond donors (Lipinski definition) is 0. The number of carbonyl (C=O) groups excluding carboxylic acids is 2. The molecule has 0 spiro atoms. The Morgan fingerprint density at radius 3 is 2.44 bits per heavy atom. The molecule has 16 heavy (non-hydrogen) atoms. The number of ketones is 1. The lowest BCUT2D eigenvalue weighted by Crippen LogP contribution is -2.07. The zero-order valence-corrected chi connectivity index (χ0v) is 9.25. The van der Waals surface area contributed by atoms with E-state index in [1.165, 1.54) is 12.1 Å². The number of halogens is 1. The monoisotopic (exact) mass is 224 g/mol. The second kappa shape index (κ2) is 5.39. The standard InChI is InChI=1S/C12H13FO3/c1-3-10(14)8-5-6-11(9(13)7-8)16-12(15)4-2/h5-7H,3-4H2,1-2H3. The summed E-state index contributed by atoms with van der Waals surface area (Å²) < 4.78 is 18.2. The molecule has 0 bridgehead atoms. The van der Waals surface area contributed by atoms with Crippen LogP contribution in [0, 0.1) is 5.82 Å². The van der Waals surface area contributed by atoms with Crippen LogP contribution >= 0.6 is 0 Å². The first-order valence-electron chi connectivity index (χ1n) is 5.11. The summed E-state index contributed by atoms with van der Waals surface area (Å²) in [4.78, 5) is 22.2. The second-order valence-corrected chi connectivity index (χ2v) is 3.25. The predicted molar refractivity (Wildman–Crippen MR) is 56.9 cm³/mol. The molecule has 0 aliphatic heterocycles. The number of carbonyl (C=O) groups is 2. The van der Waals surface area contributed by atoms with Crippen molar-refractivity contribution in [3.8, 4) is 5.75 Å². The molecule has 0 unspecified atom stereocenters. The molecule has 0 aliphatic rings. The van der Waals surface area contributed by atoms with Crippen molar-refractivity contribution in [1.29, 1.82) is 0 Å². The molecule has 1 aromatic rings. The van der Waals surface area contributed by atoms with E-state index in [1.807, 2.05) is 0 Å². The number of esters is 1. The Morgan fingerprint density at radius 2 is 1.94 bits per heavy atom. The van der Waals surface area contributed by atoms with Crippen LogP contribution in [0.5, 0.6) is 5.75 Å². The van der Waals surface area contributed by atoms with Gasteiger partial charge in [-0.25, -0.2) is 4.39 Å². The van der Waals surface area contributed by atoms with Gasteiger partial charge in [0, 0.05) is 18.4 Å². The van der Waals surface area contributed by atoms with Gasteiger partial charge in [0.2, 0.25) is 0 Å². The number of Topliss-reactive ketones (excluding diaryl/α,β-unsaturated/α-hetero) is 1. The van der Waals surface area contributed by atoms with Crippen molar-refractivity contribution < 1.29 is 18.7 Å². The molecule has 1 aromatic carbocycles. The van der Waals surface area contributed by atoms with Gasteiger partial charge in [-0.1, -0.05) is 13.8 Å². The summed E-state index contributed by atoms with van der Waals surface area (Å²) in [6, 6.07) is 3.84. The van der Waals surface area contributed by atoms with Gasteiger partial charge in [0.05, 0.1) is 0 Å². The topological polar surface area (TPSA) is 43.4 Å². The molecule has 0 saturated carbocycles. The largest absolute Gasteiger partial charge is 0.423 e. The van der Waals surface area contributed by atoms with Gasteiger partial charge in [-0.2, -0.15) is 0 Å². The Bertz CT molecular complexity index is 413. The highest BCUT2D eigenvalue weighted by molar-refractivity contribution is 5.96. The fraction of sp³-hybridized carbons (Fsp3) is 0.333. The molecule has 0 amide bonds. The molecule has 0 saturated heterocycles. The van der Waals surface area contributed by atoms with Gasteiger partial charge in [-0.05, 0) is 18.2 Å². The van der Waals surface area contributed by atoms with E-state index in [-0.39, 0.29) is 23.5 Å². The smallest absolute Gasteiger partial charge is 0.310 e. The Hall–Kier alpha value is -1.71. The highest BCUT2D eigenvalue weighted by Crippen LogP contribution is 2.19. The van der Waals surface area contributed by atoms with Crippen LogP contribution in [0.15, 0.2) is 18.2 Å². The van der Waals surface area contributed by atoms with Crippen molar-refractivity contribution in [3.63, 3.8) is 0 Å². The fourth-order valence-electron chi connectivity index (χ4n) is 1.16. The molecule has 0 aliphatic carbocycles. The number of ether oxygens (including phenoxy) is 1. The van der Waals surface area contributed by atoms with E-state index in [0.717, 1.165) is 6.07 Å². The molecule has 0 heterocycles. The molecular weight excluding hydrogens is 211 g/mol. The van der Waals surface area contributed by atoms with E-state index >= 15 is 0 Å². The average Bonchev–Trinajstić information content (AvgIpc) is 2.30. The first-order chi connectivity index (χ1) is 7.58. The molecular formula is C12H13FO3. The summed E-state index contributed by atoms with van der Waals surface area (Å²) in [5.74, 6) is -1.48. The summed E-state index contributed by atoms with van der Waals surface area (Å²) in [5.41, 5.74) is 0.288. The third-order valence-electron chi connectivity index (χ3n) is 2.09. The van der Waals surface area contributed by atoms with Crippen molar-refractivity contribution in [1.82, 2.24) is 0 Å². The third kappa shape index (κ3) is 2.89. The Kier molecular flexibility index (Phi) is 4.17. The first kappa shape index (κ1) is 12.4. The van der Waals surface area contributed by atoms with Crippen molar-refractivity contribution in [3.05, 3.63) is 29.6 Å². The highest BCUT2D eigenvalue weighted by Gasteiger charge is 2.11. The quantitative estimate of drug-likeness (QED) is 0.448. The summed E-state index contributed by atoms with van der Waals surface area (Å²) in [5, 5.41) is 0. The first-order valence-corrected chi connectivity index (χ1v) is 5.11. The fourth-order valence-corrected chi connectivity index (χ4v) is 1.16. The molecule has 1 rings (SSSR count). The maximum atomic E-state index is 13.4. The Balaban J connectivity index is 2.91. The molecule has 0 N–H and O–H groups in total. The van der Waals surface area contributed by atoms with Gasteiger partial charge in [-0.15, -0.1) is 0 Å². The summed E-state index contributed by atoms with van der Waals surface area (Å²) in [6.07, 6.45) is 0.489. The lowest BCUT2D eigenvalue weighted by Gasteiger charge is -2.05. The minimum atomic E-state index is -0.693. The van der Waals surface area contributed by atoms with E-state index in [2.05, 4.69) is 0 Å². The Morgan fingerprint density at radius 1 is 1.25 bits per heavy atom. The number of benzene rings is 1. The van der Waals surface area contributed by atoms with Gasteiger partial charge in [0.15, 0.2) is 17.3 Å². The van der Waals surface area contributed by atoms with Gasteiger partial charge in [0.1, 0.15) is 0 Å². The van der Waals surface area contributed by atoms with E-state index in [1.54, 1.807) is 13.8 Å². The van der Waals surface area contributed by atoms with Gasteiger partial charge >= 0.3 is 5.97 Å². The van der Waals surface area contributed by atoms with Crippen molar-refractivity contribution in [2.75, 3.05) is 0 Å². The normalized spacial score (nSPS) is 9.94. The maximum absolute atomic E-state index is 13.4. The van der Waals surface area contributed by atoms with Crippen LogP contribution in [0.4, 0.5) is 4.39 Å². The van der Waals surface area contributed by atoms with Crippen LogP contribution in [-0.4, -0.2) is 11.8 Å². The molecule has 0 radical (unpaired) electrons. The van der Waals surface area contributed by atoms with E-state index in [9.17, 15) is 14.0 Å². The van der Waals surface area contributed by atoms with Gasteiger partial charge < -0.3 is 4.74 Å². The highest BCUT2D eigenvalue weighted by atomic mass is 19.1. The molecule has 86 valence electrons. The Labute approximate surface area is 93.2 Å². The minimum Gasteiger partial charge on any atom is -0.423 e. The van der Waals surface area contributed by atoms with Crippen LogP contribution in [-0.2, 0) is 4.79 Å². The van der Waals surface area contributed by atoms with Crippen LogP contribution in [0.1, 0.15) is 37.0 Å². The van der Waals surface area contributed by atoms with E-state index in [4.69, 9.17) is 4.74 Å². The molecule has 0 fully saturated rings. The van der Waals surface area contributed by atoms with Crippen LogP contribution in [0.3, 0.4) is 0 Å². The van der Waals surface area contributed by atoms with Crippen LogP contribution < -0.4 is 4.74 Å². The number of hydrogen-bond acceptors (Lipinski definition) is 3. The van der Waals surface area contributed by atoms with E-state index < -0.39 is 11.8 Å². The maximum Gasteiger partial charge on any atom is 0.310 e. The average molecular weight is 224 g/mol. The predicted octanol–water partition coefficient (Wildman–Crippen LogP) is 2.73. The lowest BCUT2D eigenvalue weighted by atomic mass is 10.1. The van der Waals surface area contributed by atoms with Crippen molar-refractivity contribution >= 4 is 11.8 Å². The van der Waals surface area contributed by atoms with E-state index in [0.29, 0.717) is 6.42 Å². The van der Waals surface area contributed by atoms with Crippen LogP contribution in [0.2, 0.25) is 0 Å². The SMILES string of the molecule is CCC(=O)Oc1ccc(C(=O)CC)cc1F. The van der Waals surface area contributed by atoms with Crippen LogP contribution in [0.25, 0.3) is 0 Å². The van der Waals surface area contributed by atoms with Gasteiger partial charge in [0.25, 0.3) is 0 Å². The zero-order chi connectivity index (χ0) is 12.1. The van der Waals surface area contributed by atoms with Crippen molar-refractivity contribution in [2.24, 2.45) is 0 Å². The molecule has 0 atom stereocenters. The lowest BCUT2D eigenvalue weighted by molar-refractivity contribution is -0.134. The third-order valence-corrected chi connectivity index (χ3v) is 2.09. The van der Waals surface area contributed by atoms with Crippen molar-refractivity contribution in [2.45, 2.75) is 26.7 Å². The summed E-state index contributed by atoms with van der Waals surface area (Å²) >= 11 is 0. The number of rotatable bonds is 4. The molecule has 4 heteroatoms. The summed E-state index contributed by atoms with van der Waals surface area (Å²) in [7, 11) is 0. The second-order valence-electron chi connectivity index (χ2n) is 3.25. The minimum absolute atomic E-state index is 0.139. The molecule has 0 aromatic heterocycles. The molecule has 3 nitrogen and oxygen atoms in total. The summed E-state index contributed by atoms with van der Waals surface area (Å²) in [6.45, 7) is 3.32. The van der Waals surface area contributed by atoms with Gasteiger partial charge in [-0.3, -0.25) is 9.59 Å². The zero-order valence-electron chi connectivity index (χ0n) is 9.25.